The molecule has 12 heteroatoms. The molecule has 12 nitrogen and oxygen atoms in total. The van der Waals surface area contributed by atoms with Crippen molar-refractivity contribution in [2.75, 3.05) is 26.4 Å². The molecule has 45 heavy (non-hydrogen) atoms. The molecule has 2 aliphatic heterocycles. The van der Waals surface area contributed by atoms with Gasteiger partial charge in [0.15, 0.2) is 12.6 Å². The molecule has 0 aromatic heterocycles. The second-order valence-corrected chi connectivity index (χ2v) is 12.4. The molecule has 2 rings (SSSR count). The van der Waals surface area contributed by atoms with Crippen LogP contribution in [-0.4, -0.2) is 129 Å². The number of hydrogen-bond donors (Lipinski definition) is 8. The third-order valence-electron chi connectivity index (χ3n) is 8.55. The maximum absolute atomic E-state index is 9.94. The van der Waals surface area contributed by atoms with Gasteiger partial charge >= 0.3 is 0 Å². The zero-order valence-electron chi connectivity index (χ0n) is 27.8. The molecule has 0 aliphatic carbocycles. The molecule has 0 spiro atoms. The lowest BCUT2D eigenvalue weighted by molar-refractivity contribution is -0.296. The number of aliphatic hydroxyl groups excluding tert-OH is 8. The predicted octanol–water partition coefficient (Wildman–Crippen LogP) is 2.28. The van der Waals surface area contributed by atoms with E-state index in [4.69, 9.17) is 29.2 Å². The average molecular weight is 655 g/mol. The van der Waals surface area contributed by atoms with Crippen molar-refractivity contribution >= 4 is 0 Å². The van der Waals surface area contributed by atoms with Crippen molar-refractivity contribution in [2.24, 2.45) is 0 Å². The smallest absolute Gasteiger partial charge is 0.184 e. The highest BCUT2D eigenvalue weighted by Crippen LogP contribution is 2.24. The maximum Gasteiger partial charge on any atom is 0.184 e. The van der Waals surface area contributed by atoms with Crippen LogP contribution >= 0.6 is 0 Å². The van der Waals surface area contributed by atoms with Gasteiger partial charge in [0.25, 0.3) is 0 Å². The average Bonchev–Trinajstić information content (AvgIpc) is 3.03. The Morgan fingerprint density at radius 3 is 1.00 bits per heavy atom. The zero-order chi connectivity index (χ0) is 33.5. The minimum absolute atomic E-state index is 0.409. The maximum atomic E-state index is 9.94. The van der Waals surface area contributed by atoms with E-state index in [0.717, 1.165) is 32.1 Å². The first kappa shape index (κ1) is 42.5. The first-order valence-corrected chi connectivity index (χ1v) is 17.6. The standard InChI is InChI=1S/C18H36O6.C15H30O6/c1-2-3-4-5-6-7-8-9-10-11-12-23-17-16(21)15(20)14(13-19)24-18(17)22;1-2-3-4-5-6-7-8-9-20-14-13(18)12(17)11(10-16)21-15(14)19/h14-22H,2-13H2,1H3;11-19H,2-10H2,1H3/t14-,15-,16+,17-,18+;11-,12-,13+,14-,15-/m11/s1. The summed E-state index contributed by atoms with van der Waals surface area (Å²) in [5.41, 5.74) is 0. The first-order valence-electron chi connectivity index (χ1n) is 17.6. The summed E-state index contributed by atoms with van der Waals surface area (Å²) < 4.78 is 21.0. The van der Waals surface area contributed by atoms with Crippen LogP contribution in [-0.2, 0) is 18.9 Å². The minimum atomic E-state index is -1.33. The monoisotopic (exact) mass is 654 g/mol. The molecule has 0 aromatic rings. The summed E-state index contributed by atoms with van der Waals surface area (Å²) in [7, 11) is 0. The van der Waals surface area contributed by atoms with Crippen LogP contribution in [0.25, 0.3) is 0 Å². The fourth-order valence-corrected chi connectivity index (χ4v) is 5.59. The number of aliphatic hydroxyl groups is 8. The van der Waals surface area contributed by atoms with Gasteiger partial charge in [-0.15, -0.1) is 0 Å². The summed E-state index contributed by atoms with van der Waals surface area (Å²) in [6, 6.07) is 0. The Morgan fingerprint density at radius 2 is 0.711 bits per heavy atom. The molecule has 8 N–H and O–H groups in total. The van der Waals surface area contributed by atoms with Gasteiger partial charge in [-0.25, -0.2) is 0 Å². The van der Waals surface area contributed by atoms with Gasteiger partial charge in [-0.05, 0) is 12.8 Å². The molecule has 2 saturated heterocycles. The first-order chi connectivity index (χ1) is 21.7. The summed E-state index contributed by atoms with van der Waals surface area (Å²) in [6.45, 7) is 4.32. The quantitative estimate of drug-likeness (QED) is 0.0749. The number of hydrogen-bond acceptors (Lipinski definition) is 12. The molecule has 0 saturated carbocycles. The molecule has 2 fully saturated rings. The van der Waals surface area contributed by atoms with E-state index in [0.29, 0.717) is 13.2 Å². The van der Waals surface area contributed by atoms with E-state index < -0.39 is 74.6 Å². The normalized spacial score (nSPS) is 31.9. The van der Waals surface area contributed by atoms with Gasteiger partial charge in [0.1, 0.15) is 48.8 Å². The molecule has 0 amide bonds. The highest BCUT2D eigenvalue weighted by atomic mass is 16.7. The van der Waals surface area contributed by atoms with Crippen LogP contribution in [0.15, 0.2) is 0 Å². The van der Waals surface area contributed by atoms with Crippen LogP contribution in [0.3, 0.4) is 0 Å². The second kappa shape index (κ2) is 26.5. The third-order valence-corrected chi connectivity index (χ3v) is 8.55. The summed E-state index contributed by atoms with van der Waals surface area (Å²) in [5, 5.41) is 76.8. The molecular formula is C33H66O12. The largest absolute Gasteiger partial charge is 0.394 e. The lowest BCUT2D eigenvalue weighted by Crippen LogP contribution is -2.59. The Hall–Kier alpha value is -0.480. The summed E-state index contributed by atoms with van der Waals surface area (Å²) in [5.74, 6) is 0. The Balaban J connectivity index is 0.000000454. The van der Waals surface area contributed by atoms with Crippen molar-refractivity contribution in [3.05, 3.63) is 0 Å². The fourth-order valence-electron chi connectivity index (χ4n) is 5.59. The third kappa shape index (κ3) is 17.0. The van der Waals surface area contributed by atoms with Gasteiger partial charge in [-0.3, -0.25) is 0 Å². The van der Waals surface area contributed by atoms with Gasteiger partial charge in [-0.1, -0.05) is 110 Å². The van der Waals surface area contributed by atoms with Crippen molar-refractivity contribution in [2.45, 2.75) is 184 Å². The molecular weight excluding hydrogens is 588 g/mol. The lowest BCUT2D eigenvalue weighted by Gasteiger charge is -2.39. The van der Waals surface area contributed by atoms with E-state index in [1.807, 2.05) is 0 Å². The van der Waals surface area contributed by atoms with Crippen molar-refractivity contribution in [3.8, 4) is 0 Å². The van der Waals surface area contributed by atoms with E-state index in [-0.39, 0.29) is 0 Å². The summed E-state index contributed by atoms with van der Waals surface area (Å²) in [4.78, 5) is 0. The van der Waals surface area contributed by atoms with E-state index in [1.54, 1.807) is 0 Å². The fraction of sp³-hybridized carbons (Fsp3) is 1.00. The Morgan fingerprint density at radius 1 is 0.422 bits per heavy atom. The SMILES string of the molecule is CCCCCCCCCCCCO[C@@H]1[C@@H](O)[C@H](O)[C@@H](CO)O[C@@H]1O.CCCCCCCCCO[C@@H]1[C@@H](O)[C@H](O)[C@@H](CO)O[C@H]1O. The van der Waals surface area contributed by atoms with Crippen LogP contribution in [0, 0.1) is 0 Å². The van der Waals surface area contributed by atoms with Crippen LogP contribution in [0.1, 0.15) is 123 Å². The van der Waals surface area contributed by atoms with Gasteiger partial charge in [0.2, 0.25) is 0 Å². The molecule has 0 radical (unpaired) electrons. The Labute approximate surface area is 270 Å². The molecule has 10 atom stereocenters. The van der Waals surface area contributed by atoms with E-state index >= 15 is 0 Å². The van der Waals surface area contributed by atoms with Gasteiger partial charge in [0.05, 0.1) is 13.2 Å². The van der Waals surface area contributed by atoms with Crippen LogP contribution in [0.5, 0.6) is 0 Å². The summed E-state index contributed by atoms with van der Waals surface area (Å²) in [6.07, 6.45) is 8.70. The lowest BCUT2D eigenvalue weighted by atomic mass is 9.99. The second-order valence-electron chi connectivity index (χ2n) is 12.4. The zero-order valence-corrected chi connectivity index (χ0v) is 27.8. The molecule has 0 unspecified atom stereocenters. The highest BCUT2D eigenvalue weighted by molar-refractivity contribution is 4.90. The molecule has 0 aromatic carbocycles. The van der Waals surface area contributed by atoms with Gasteiger partial charge in [-0.2, -0.15) is 0 Å². The Kier molecular flexibility index (Phi) is 25.0. The van der Waals surface area contributed by atoms with Crippen molar-refractivity contribution in [1.82, 2.24) is 0 Å². The van der Waals surface area contributed by atoms with Crippen molar-refractivity contribution in [3.63, 3.8) is 0 Å². The topological polar surface area (TPSA) is 199 Å². The van der Waals surface area contributed by atoms with Crippen LogP contribution in [0.2, 0.25) is 0 Å². The van der Waals surface area contributed by atoms with E-state index in [9.17, 15) is 30.6 Å². The summed E-state index contributed by atoms with van der Waals surface area (Å²) >= 11 is 0. The molecule has 2 heterocycles. The minimum Gasteiger partial charge on any atom is -0.394 e. The number of unbranched alkanes of at least 4 members (excludes halogenated alkanes) is 15. The number of ether oxygens (including phenoxy) is 4. The van der Waals surface area contributed by atoms with Gasteiger partial charge in [0, 0.05) is 13.2 Å². The van der Waals surface area contributed by atoms with Crippen molar-refractivity contribution in [1.29, 1.82) is 0 Å². The van der Waals surface area contributed by atoms with Crippen LogP contribution < -0.4 is 0 Å². The van der Waals surface area contributed by atoms with Crippen LogP contribution in [0.4, 0.5) is 0 Å². The predicted molar refractivity (Wildman–Crippen MR) is 169 cm³/mol. The molecule has 0 bridgehead atoms. The Bertz CT molecular complexity index is 674. The van der Waals surface area contributed by atoms with Gasteiger partial charge < -0.3 is 59.8 Å². The van der Waals surface area contributed by atoms with E-state index in [1.165, 1.54) is 77.0 Å². The molecule has 2 aliphatic rings. The highest BCUT2D eigenvalue weighted by Gasteiger charge is 2.45. The molecule has 270 valence electrons. The number of rotatable bonds is 23. The van der Waals surface area contributed by atoms with Crippen molar-refractivity contribution < 1.29 is 59.8 Å². The van der Waals surface area contributed by atoms with E-state index in [2.05, 4.69) is 13.8 Å².